The molecule has 1 heterocycles. The molecule has 1 aromatic rings. The summed E-state index contributed by atoms with van der Waals surface area (Å²) < 4.78 is 8.36. The summed E-state index contributed by atoms with van der Waals surface area (Å²) in [4.78, 5) is 50.3. The first-order valence-electron chi connectivity index (χ1n) is 13.0. The molecule has 38 heavy (non-hydrogen) atoms. The average molecular weight is 567 g/mol. The van der Waals surface area contributed by atoms with E-state index in [1.165, 1.54) is 47.2 Å². The number of nitro benzene ring substituents is 1. The normalized spacial score (nSPS) is 19.9. The van der Waals surface area contributed by atoms with Crippen LogP contribution < -0.4 is 10.0 Å². The smallest absolute Gasteiger partial charge is 0.411 e. The molecular formula is C26H38N4O6S2. The number of non-ortho nitro benzene ring substituents is 1. The van der Waals surface area contributed by atoms with Gasteiger partial charge in [-0.15, -0.1) is 11.8 Å². The third-order valence-electron chi connectivity index (χ3n) is 6.57. The van der Waals surface area contributed by atoms with Gasteiger partial charge in [-0.1, -0.05) is 31.4 Å². The highest BCUT2D eigenvalue weighted by Crippen LogP contribution is 2.34. The van der Waals surface area contributed by atoms with Crippen molar-refractivity contribution < 1.29 is 24.0 Å². The van der Waals surface area contributed by atoms with Gasteiger partial charge >= 0.3 is 6.09 Å². The number of ether oxygens (including phenoxy) is 1. The van der Waals surface area contributed by atoms with Crippen molar-refractivity contribution in [1.29, 1.82) is 0 Å². The van der Waals surface area contributed by atoms with E-state index in [2.05, 4.69) is 10.0 Å². The van der Waals surface area contributed by atoms with Crippen LogP contribution in [-0.2, 0) is 20.7 Å². The van der Waals surface area contributed by atoms with Gasteiger partial charge in [-0.25, -0.2) is 4.79 Å². The van der Waals surface area contributed by atoms with Crippen LogP contribution in [0.2, 0.25) is 0 Å². The highest BCUT2D eigenvalue weighted by Gasteiger charge is 2.38. The lowest BCUT2D eigenvalue weighted by molar-refractivity contribution is -0.384. The Hall–Kier alpha value is -2.47. The van der Waals surface area contributed by atoms with Gasteiger partial charge in [0, 0.05) is 29.7 Å². The van der Waals surface area contributed by atoms with Gasteiger partial charge < -0.3 is 10.1 Å². The lowest BCUT2D eigenvalue weighted by Crippen LogP contribution is -2.51. The Balaban J connectivity index is 1.57. The Kier molecular flexibility index (Phi) is 10.7. The van der Waals surface area contributed by atoms with Gasteiger partial charge in [0.05, 0.1) is 4.92 Å². The van der Waals surface area contributed by atoms with E-state index in [0.29, 0.717) is 24.6 Å². The minimum atomic E-state index is -0.789. The van der Waals surface area contributed by atoms with E-state index >= 15 is 0 Å². The van der Waals surface area contributed by atoms with Gasteiger partial charge in [0.2, 0.25) is 0 Å². The Morgan fingerprint density at radius 3 is 2.45 bits per heavy atom. The highest BCUT2D eigenvalue weighted by molar-refractivity contribution is 8.00. The first-order valence-corrected chi connectivity index (χ1v) is 15.0. The first kappa shape index (κ1) is 30.1. The Bertz CT molecular complexity index is 994. The highest BCUT2D eigenvalue weighted by atomic mass is 32.2. The number of amides is 3. The van der Waals surface area contributed by atoms with Gasteiger partial charge in [-0.3, -0.25) is 29.3 Å². The molecule has 0 radical (unpaired) electrons. The van der Waals surface area contributed by atoms with E-state index < -0.39 is 33.9 Å². The van der Waals surface area contributed by atoms with E-state index in [0.717, 1.165) is 31.2 Å². The molecule has 1 aliphatic carbocycles. The van der Waals surface area contributed by atoms with Crippen LogP contribution in [0, 0.1) is 16.0 Å². The van der Waals surface area contributed by atoms with E-state index in [4.69, 9.17) is 4.74 Å². The first-order chi connectivity index (χ1) is 17.9. The van der Waals surface area contributed by atoms with Crippen molar-refractivity contribution in [1.82, 2.24) is 14.9 Å². The predicted octanol–water partition coefficient (Wildman–Crippen LogP) is 4.67. The molecule has 1 saturated carbocycles. The summed E-state index contributed by atoms with van der Waals surface area (Å²) in [7, 11) is 0. The molecule has 2 aliphatic rings. The van der Waals surface area contributed by atoms with Gasteiger partial charge in [0.15, 0.2) is 5.37 Å². The second-order valence-corrected chi connectivity index (χ2v) is 13.0. The second-order valence-electron chi connectivity index (χ2n) is 10.8. The van der Waals surface area contributed by atoms with Crippen molar-refractivity contribution in [2.45, 2.75) is 88.5 Å². The van der Waals surface area contributed by atoms with Crippen molar-refractivity contribution in [3.63, 3.8) is 0 Å². The number of rotatable bonds is 9. The van der Waals surface area contributed by atoms with E-state index in [1.807, 2.05) is 0 Å². The summed E-state index contributed by atoms with van der Waals surface area (Å²) in [5.41, 5.74) is 0.368. The fourth-order valence-electron chi connectivity index (χ4n) is 4.56. The molecule has 3 amide bonds. The molecule has 0 aromatic heterocycles. The number of hydrogen-bond acceptors (Lipinski definition) is 8. The van der Waals surface area contributed by atoms with Crippen LogP contribution in [0.5, 0.6) is 0 Å². The zero-order valence-electron chi connectivity index (χ0n) is 22.4. The van der Waals surface area contributed by atoms with Crippen LogP contribution >= 0.6 is 23.7 Å². The quantitative estimate of drug-likeness (QED) is 0.251. The molecule has 1 saturated heterocycles. The number of nitrogens with zero attached hydrogens (tertiary/aromatic N) is 2. The Morgan fingerprint density at radius 2 is 1.84 bits per heavy atom. The summed E-state index contributed by atoms with van der Waals surface area (Å²) in [6.07, 6.45) is 5.79. The van der Waals surface area contributed by atoms with E-state index in [-0.39, 0.29) is 16.8 Å². The van der Waals surface area contributed by atoms with Crippen LogP contribution in [0.15, 0.2) is 24.3 Å². The summed E-state index contributed by atoms with van der Waals surface area (Å²) in [5.74, 6) is 0.311. The van der Waals surface area contributed by atoms with Gasteiger partial charge in [0.25, 0.3) is 17.5 Å². The molecule has 210 valence electrons. The summed E-state index contributed by atoms with van der Waals surface area (Å²) in [6, 6.07) is 5.78. The Labute approximate surface area is 232 Å². The van der Waals surface area contributed by atoms with Gasteiger partial charge in [-0.05, 0) is 70.4 Å². The van der Waals surface area contributed by atoms with Crippen LogP contribution in [0.3, 0.4) is 0 Å². The van der Waals surface area contributed by atoms with Gasteiger partial charge in [-0.2, -0.15) is 0 Å². The number of hydrogen-bond donors (Lipinski definition) is 2. The fraction of sp³-hybridized carbons (Fsp3) is 0.654. The van der Waals surface area contributed by atoms with Crippen molar-refractivity contribution in [3.05, 3.63) is 39.9 Å². The number of thioether (sulfide) groups is 1. The lowest BCUT2D eigenvalue weighted by atomic mass is 9.85. The standard InChI is InChI=1S/C26H38N4O6S2/c1-17(27-23(32)24-29(14-15-37-24)25(33)36-26(2,3)4)22(31)28-38-21(19-8-6-5-7-9-19)16-18-10-12-20(13-11-18)30(34)35/h10-13,17,19,21,24H,5-9,14-16H2,1-4H3,(H,27,32)(H,28,31)/t17-,21?,24+/m1/s1. The van der Waals surface area contributed by atoms with Crippen LogP contribution in [0.1, 0.15) is 65.4 Å². The average Bonchev–Trinajstić information content (AvgIpc) is 3.36. The zero-order chi connectivity index (χ0) is 27.9. The predicted molar refractivity (Wildman–Crippen MR) is 150 cm³/mol. The molecular weight excluding hydrogens is 528 g/mol. The fourth-order valence-corrected chi connectivity index (χ4v) is 6.86. The van der Waals surface area contributed by atoms with Crippen LogP contribution in [0.25, 0.3) is 0 Å². The number of carbonyl (C=O) groups is 3. The number of carbonyl (C=O) groups excluding carboxylic acids is 3. The molecule has 1 aromatic carbocycles. The molecule has 1 unspecified atom stereocenters. The second kappa shape index (κ2) is 13.5. The molecule has 10 nitrogen and oxygen atoms in total. The minimum absolute atomic E-state index is 0.0548. The zero-order valence-corrected chi connectivity index (χ0v) is 24.1. The van der Waals surface area contributed by atoms with E-state index in [9.17, 15) is 24.5 Å². The minimum Gasteiger partial charge on any atom is -0.444 e. The summed E-state index contributed by atoms with van der Waals surface area (Å²) in [6.45, 7) is 7.34. The maximum atomic E-state index is 12.9. The maximum absolute atomic E-state index is 12.9. The summed E-state index contributed by atoms with van der Waals surface area (Å²) >= 11 is 2.71. The molecule has 3 rings (SSSR count). The molecule has 0 bridgehead atoms. The Morgan fingerprint density at radius 1 is 1.18 bits per heavy atom. The molecule has 2 fully saturated rings. The monoisotopic (exact) mass is 566 g/mol. The van der Waals surface area contributed by atoms with Crippen LogP contribution in [-0.4, -0.2) is 62.3 Å². The molecule has 0 spiro atoms. The number of nitro groups is 1. The maximum Gasteiger partial charge on any atom is 0.411 e. The van der Waals surface area contributed by atoms with Crippen molar-refractivity contribution in [2.75, 3.05) is 12.3 Å². The third kappa shape index (κ3) is 8.79. The molecule has 12 heteroatoms. The number of nitrogens with one attached hydrogen (secondary N) is 2. The lowest BCUT2D eigenvalue weighted by Gasteiger charge is -2.30. The van der Waals surface area contributed by atoms with Crippen molar-refractivity contribution in [3.8, 4) is 0 Å². The van der Waals surface area contributed by atoms with E-state index in [1.54, 1.807) is 39.8 Å². The molecule has 1 aliphatic heterocycles. The topological polar surface area (TPSA) is 131 Å². The van der Waals surface area contributed by atoms with Crippen molar-refractivity contribution in [2.24, 2.45) is 5.92 Å². The molecule has 3 atom stereocenters. The van der Waals surface area contributed by atoms with Crippen LogP contribution in [0.4, 0.5) is 10.5 Å². The summed E-state index contributed by atoms with van der Waals surface area (Å²) in [5, 5.41) is 13.1. The largest absolute Gasteiger partial charge is 0.444 e. The van der Waals surface area contributed by atoms with Gasteiger partial charge in [0.1, 0.15) is 11.6 Å². The SMILES string of the molecule is C[C@@H](NC(=O)[C@@H]1SCCN1C(=O)OC(C)(C)C)C(=O)NSC(Cc1ccc([N+](=O)[O-])cc1)C1CCCCC1. The van der Waals surface area contributed by atoms with Crippen molar-refractivity contribution >= 4 is 47.3 Å². The number of benzene rings is 1. The third-order valence-corrected chi connectivity index (χ3v) is 8.94. The molecule has 2 N–H and O–H groups in total.